The number of fused-ring (bicyclic) bond motifs is 1. The predicted molar refractivity (Wildman–Crippen MR) is 107 cm³/mol. The molecule has 0 aliphatic rings. The van der Waals surface area contributed by atoms with E-state index in [1.54, 1.807) is 0 Å². The quantitative estimate of drug-likeness (QED) is 0.486. The van der Waals surface area contributed by atoms with E-state index in [0.29, 0.717) is 0 Å². The monoisotopic (exact) mass is 323 g/mol. The van der Waals surface area contributed by atoms with Crippen molar-refractivity contribution in [1.29, 1.82) is 0 Å². The van der Waals surface area contributed by atoms with Gasteiger partial charge < -0.3 is 5.73 Å². The highest BCUT2D eigenvalue weighted by atomic mass is 14.6. The van der Waals surface area contributed by atoms with Crippen molar-refractivity contribution in [2.75, 3.05) is 5.73 Å². The van der Waals surface area contributed by atoms with E-state index in [9.17, 15) is 0 Å². The molecule has 0 unspecified atom stereocenters. The van der Waals surface area contributed by atoms with Gasteiger partial charge in [-0.15, -0.1) is 0 Å². The summed E-state index contributed by atoms with van der Waals surface area (Å²) in [4.78, 5) is 0. The average molecular weight is 323 g/mol. The van der Waals surface area contributed by atoms with Gasteiger partial charge in [-0.1, -0.05) is 84.9 Å². The largest absolute Gasteiger partial charge is 0.398 e. The van der Waals surface area contributed by atoms with Gasteiger partial charge in [0.05, 0.1) is 0 Å². The first-order valence-electron chi connectivity index (χ1n) is 8.68. The van der Waals surface area contributed by atoms with Crippen molar-refractivity contribution in [3.05, 3.63) is 113 Å². The molecule has 0 bridgehead atoms. The predicted octanol–water partition coefficient (Wildman–Crippen LogP) is 5.60. The first-order valence-corrected chi connectivity index (χ1v) is 8.68. The van der Waals surface area contributed by atoms with Crippen LogP contribution in [-0.2, 0) is 12.8 Å². The minimum absolute atomic E-state index is 0.860. The number of hydrogen-bond acceptors (Lipinski definition) is 1. The molecule has 122 valence electrons. The molecule has 4 rings (SSSR count). The maximum Gasteiger partial charge on any atom is 0.0356 e. The van der Waals surface area contributed by atoms with E-state index >= 15 is 0 Å². The van der Waals surface area contributed by atoms with Gasteiger partial charge >= 0.3 is 0 Å². The molecule has 4 aromatic rings. The van der Waals surface area contributed by atoms with Crippen LogP contribution in [0.15, 0.2) is 91.0 Å². The lowest BCUT2D eigenvalue weighted by Crippen LogP contribution is -1.99. The van der Waals surface area contributed by atoms with Gasteiger partial charge in [0, 0.05) is 12.1 Å². The van der Waals surface area contributed by atoms with Crippen molar-refractivity contribution in [3.8, 4) is 0 Å². The molecule has 0 radical (unpaired) electrons. The maximum absolute atomic E-state index is 6.34. The van der Waals surface area contributed by atoms with E-state index in [-0.39, 0.29) is 0 Å². The highest BCUT2D eigenvalue weighted by Gasteiger charge is 2.09. The number of benzene rings is 4. The molecule has 4 aromatic carbocycles. The van der Waals surface area contributed by atoms with Crippen LogP contribution in [0.1, 0.15) is 22.3 Å². The van der Waals surface area contributed by atoms with Gasteiger partial charge in [-0.05, 0) is 45.5 Å². The van der Waals surface area contributed by atoms with Gasteiger partial charge in [-0.3, -0.25) is 0 Å². The highest BCUT2D eigenvalue weighted by Crippen LogP contribution is 2.30. The molecule has 0 aliphatic heterocycles. The molecule has 2 N–H and O–H groups in total. The minimum Gasteiger partial charge on any atom is -0.398 e. The summed E-state index contributed by atoms with van der Waals surface area (Å²) in [5, 5.41) is 2.56. The average Bonchev–Trinajstić information content (AvgIpc) is 2.66. The fourth-order valence-electron chi connectivity index (χ4n) is 3.47. The zero-order chi connectivity index (χ0) is 17.1. The first-order chi connectivity index (χ1) is 12.3. The van der Waals surface area contributed by atoms with Gasteiger partial charge in [0.25, 0.3) is 0 Å². The topological polar surface area (TPSA) is 26.0 Å². The fraction of sp³-hybridized carbons (Fsp3) is 0.0833. The van der Waals surface area contributed by atoms with Crippen molar-refractivity contribution in [1.82, 2.24) is 0 Å². The van der Waals surface area contributed by atoms with E-state index in [2.05, 4.69) is 84.9 Å². The summed E-state index contributed by atoms with van der Waals surface area (Å²) in [5.41, 5.74) is 12.4. The summed E-state index contributed by atoms with van der Waals surface area (Å²) in [6, 6.07) is 31.9. The third kappa shape index (κ3) is 3.27. The molecule has 0 amide bonds. The maximum atomic E-state index is 6.34. The molecular formula is C24H21N. The number of rotatable bonds is 4. The smallest absolute Gasteiger partial charge is 0.0356 e. The van der Waals surface area contributed by atoms with Crippen LogP contribution in [0.2, 0.25) is 0 Å². The van der Waals surface area contributed by atoms with Crippen LogP contribution in [0, 0.1) is 0 Å². The number of anilines is 1. The van der Waals surface area contributed by atoms with Crippen LogP contribution < -0.4 is 5.73 Å². The molecule has 0 spiro atoms. The van der Waals surface area contributed by atoms with Gasteiger partial charge in [-0.25, -0.2) is 0 Å². The van der Waals surface area contributed by atoms with Crippen molar-refractivity contribution in [2.45, 2.75) is 12.8 Å². The summed E-state index contributed by atoms with van der Waals surface area (Å²) >= 11 is 0. The fourth-order valence-corrected chi connectivity index (χ4v) is 3.47. The summed E-state index contributed by atoms with van der Waals surface area (Å²) in [6.45, 7) is 0. The lowest BCUT2D eigenvalue weighted by Gasteiger charge is -2.13. The molecule has 1 nitrogen and oxygen atoms in total. The third-order valence-corrected chi connectivity index (χ3v) is 4.76. The van der Waals surface area contributed by atoms with Crippen molar-refractivity contribution in [2.24, 2.45) is 0 Å². The van der Waals surface area contributed by atoms with Crippen LogP contribution in [0.3, 0.4) is 0 Å². The molecule has 0 aromatic heterocycles. The molecule has 0 atom stereocenters. The summed E-state index contributed by atoms with van der Waals surface area (Å²) < 4.78 is 0. The Kier molecular flexibility index (Phi) is 4.22. The van der Waals surface area contributed by atoms with Crippen molar-refractivity contribution in [3.63, 3.8) is 0 Å². The van der Waals surface area contributed by atoms with E-state index < -0.39 is 0 Å². The molecule has 0 saturated heterocycles. The van der Waals surface area contributed by atoms with Gasteiger partial charge in [-0.2, -0.15) is 0 Å². The second-order valence-electron chi connectivity index (χ2n) is 6.47. The number of nitrogen functional groups attached to an aromatic ring is 1. The molecule has 0 saturated carbocycles. The van der Waals surface area contributed by atoms with Crippen molar-refractivity contribution < 1.29 is 0 Å². The summed E-state index contributed by atoms with van der Waals surface area (Å²) in [7, 11) is 0. The highest BCUT2D eigenvalue weighted by molar-refractivity contribution is 5.92. The number of hydrogen-bond donors (Lipinski definition) is 1. The Morgan fingerprint density at radius 3 is 1.84 bits per heavy atom. The minimum atomic E-state index is 0.860. The van der Waals surface area contributed by atoms with E-state index in [0.717, 1.165) is 18.5 Å². The second-order valence-corrected chi connectivity index (χ2v) is 6.47. The Morgan fingerprint density at radius 1 is 0.520 bits per heavy atom. The Balaban J connectivity index is 1.79. The second kappa shape index (κ2) is 6.82. The van der Waals surface area contributed by atoms with Gasteiger partial charge in [0.15, 0.2) is 0 Å². The standard InChI is InChI=1S/C24H21N/c25-24-15-14-21-20(16-18-8-3-1-4-9-18)12-7-13-22(21)23(24)17-19-10-5-2-6-11-19/h1-15H,16-17,25H2. The first kappa shape index (κ1) is 15.5. The Labute approximate surface area is 148 Å². The van der Waals surface area contributed by atoms with Crippen LogP contribution in [-0.4, -0.2) is 0 Å². The van der Waals surface area contributed by atoms with Crippen LogP contribution in [0.4, 0.5) is 5.69 Å². The summed E-state index contributed by atoms with van der Waals surface area (Å²) in [5.74, 6) is 0. The summed E-state index contributed by atoms with van der Waals surface area (Å²) in [6.07, 6.45) is 1.80. The van der Waals surface area contributed by atoms with Crippen LogP contribution in [0.5, 0.6) is 0 Å². The van der Waals surface area contributed by atoms with Crippen LogP contribution in [0.25, 0.3) is 10.8 Å². The normalized spacial score (nSPS) is 10.9. The third-order valence-electron chi connectivity index (χ3n) is 4.76. The lowest BCUT2D eigenvalue weighted by atomic mass is 9.92. The Morgan fingerprint density at radius 2 is 1.16 bits per heavy atom. The zero-order valence-corrected chi connectivity index (χ0v) is 14.2. The molecule has 0 heterocycles. The molecule has 25 heavy (non-hydrogen) atoms. The van der Waals surface area contributed by atoms with Crippen LogP contribution >= 0.6 is 0 Å². The lowest BCUT2D eigenvalue weighted by molar-refractivity contribution is 1.20. The number of nitrogens with two attached hydrogens (primary N) is 1. The van der Waals surface area contributed by atoms with E-state index in [1.807, 2.05) is 6.07 Å². The molecule has 0 fully saturated rings. The van der Waals surface area contributed by atoms with Gasteiger partial charge in [0.2, 0.25) is 0 Å². The Hall–Kier alpha value is -3.06. The van der Waals surface area contributed by atoms with E-state index in [4.69, 9.17) is 5.73 Å². The zero-order valence-electron chi connectivity index (χ0n) is 14.2. The van der Waals surface area contributed by atoms with Crippen molar-refractivity contribution >= 4 is 16.5 Å². The molecule has 0 aliphatic carbocycles. The van der Waals surface area contributed by atoms with E-state index in [1.165, 1.54) is 33.0 Å². The SMILES string of the molecule is Nc1ccc2c(Cc3ccccc3)cccc2c1Cc1ccccc1. The molecular weight excluding hydrogens is 302 g/mol. The molecule has 1 heteroatoms. The van der Waals surface area contributed by atoms with Gasteiger partial charge in [0.1, 0.15) is 0 Å². The Bertz CT molecular complexity index is 988.